The zero-order chi connectivity index (χ0) is 15.6. The summed E-state index contributed by atoms with van der Waals surface area (Å²) >= 11 is 0. The van der Waals surface area contributed by atoms with E-state index in [0.29, 0.717) is 30.1 Å². The lowest BCUT2D eigenvalue weighted by Crippen LogP contribution is -2.37. The molecule has 1 aliphatic rings. The molecule has 0 atom stereocenters. The van der Waals surface area contributed by atoms with Crippen molar-refractivity contribution in [3.05, 3.63) is 40.5 Å². The second-order valence-electron chi connectivity index (χ2n) is 5.60. The summed E-state index contributed by atoms with van der Waals surface area (Å²) in [4.78, 5) is 18.4. The highest BCUT2D eigenvalue weighted by atomic mass is 16.1. The van der Waals surface area contributed by atoms with Crippen LogP contribution in [0.2, 0.25) is 0 Å². The van der Waals surface area contributed by atoms with Crippen LogP contribution >= 0.6 is 0 Å². The van der Waals surface area contributed by atoms with Crippen molar-refractivity contribution in [2.75, 3.05) is 26.7 Å². The minimum absolute atomic E-state index is 0.339. The first-order chi connectivity index (χ1) is 9.88. The van der Waals surface area contributed by atoms with E-state index in [1.165, 1.54) is 0 Å². The van der Waals surface area contributed by atoms with Crippen LogP contribution < -0.4 is 11.5 Å². The normalized spacial score (nSPS) is 17.2. The first kappa shape index (κ1) is 15.3. The number of hydrogen-bond donors (Lipinski definition) is 2. The van der Waals surface area contributed by atoms with Crippen LogP contribution in [0.1, 0.15) is 16.7 Å². The van der Waals surface area contributed by atoms with Crippen molar-refractivity contribution in [3.8, 4) is 0 Å². The Bertz CT molecular complexity index is 611. The van der Waals surface area contributed by atoms with Crippen molar-refractivity contribution in [1.82, 2.24) is 4.90 Å². The van der Waals surface area contributed by atoms with Gasteiger partial charge >= 0.3 is 0 Å². The molecule has 0 unspecified atom stereocenters. The van der Waals surface area contributed by atoms with Gasteiger partial charge in [-0.3, -0.25) is 14.7 Å². The maximum absolute atomic E-state index is 11.9. The zero-order valence-electron chi connectivity index (χ0n) is 12.8. The molecule has 0 aliphatic carbocycles. The van der Waals surface area contributed by atoms with Gasteiger partial charge < -0.3 is 11.5 Å². The average molecular weight is 286 g/mol. The fourth-order valence-electron chi connectivity index (χ4n) is 2.60. The topological polar surface area (TPSA) is 84.7 Å². The summed E-state index contributed by atoms with van der Waals surface area (Å²) in [6, 6.07) is 5.98. The summed E-state index contributed by atoms with van der Waals surface area (Å²) in [5, 5.41) is 0. The van der Waals surface area contributed by atoms with Gasteiger partial charge in [-0.05, 0) is 38.6 Å². The summed E-state index contributed by atoms with van der Waals surface area (Å²) < 4.78 is 0. The van der Waals surface area contributed by atoms with E-state index in [9.17, 15) is 4.79 Å². The molecule has 1 heterocycles. The molecule has 1 aliphatic heterocycles. The minimum Gasteiger partial charge on any atom is -0.398 e. The molecule has 1 aromatic carbocycles. The molecule has 0 radical (unpaired) electrons. The number of carbonyl (C=O) groups excluding carboxylic acids is 1. The fraction of sp³-hybridized carbons (Fsp3) is 0.375. The Morgan fingerprint density at radius 3 is 2.33 bits per heavy atom. The lowest BCUT2D eigenvalue weighted by Gasteiger charge is -2.23. The van der Waals surface area contributed by atoms with Gasteiger partial charge in [0.2, 0.25) is 0 Å². The molecule has 1 aromatic rings. The Morgan fingerprint density at radius 1 is 1.19 bits per heavy atom. The van der Waals surface area contributed by atoms with Gasteiger partial charge in [0.25, 0.3) is 5.91 Å². The molecule has 112 valence electrons. The first-order valence-corrected chi connectivity index (χ1v) is 6.99. The van der Waals surface area contributed by atoms with Gasteiger partial charge in [0, 0.05) is 13.1 Å². The van der Waals surface area contributed by atoms with E-state index in [0.717, 1.165) is 23.2 Å². The number of nitrogens with zero attached hydrogens (tertiary/aromatic N) is 2. The van der Waals surface area contributed by atoms with Gasteiger partial charge in [-0.15, -0.1) is 0 Å². The molecule has 4 N–H and O–H groups in total. The number of aryl methyl sites for hydroxylation is 2. The van der Waals surface area contributed by atoms with Gasteiger partial charge in [-0.1, -0.05) is 17.2 Å². The Morgan fingerprint density at radius 2 is 1.81 bits per heavy atom. The summed E-state index contributed by atoms with van der Waals surface area (Å²) in [6.07, 6.45) is 0. The predicted octanol–water partition coefficient (Wildman–Crippen LogP) is 0.845. The number of carbonyl (C=O) groups is 1. The molecule has 2 rings (SSSR count). The molecular formula is C16H22N4O. The summed E-state index contributed by atoms with van der Waals surface area (Å²) in [5.74, 6) is -0.527. The smallest absolute Gasteiger partial charge is 0.252 e. The van der Waals surface area contributed by atoms with Crippen LogP contribution in [0.4, 0.5) is 0 Å². The van der Waals surface area contributed by atoms with E-state index < -0.39 is 5.91 Å². The standard InChI is InChI=1S/C16H22N4O/c1-10-6-11(2)8-12(7-10)15(17)14(16(18)21)13-9-20(3)5-4-19-13/h6-8H,4-5,9,17H2,1-3H3,(H2,18,21). The summed E-state index contributed by atoms with van der Waals surface area (Å²) in [5.41, 5.74) is 16.2. The Balaban J connectivity index is 2.53. The Labute approximate surface area is 125 Å². The highest BCUT2D eigenvalue weighted by Crippen LogP contribution is 2.19. The van der Waals surface area contributed by atoms with E-state index in [4.69, 9.17) is 11.5 Å². The molecular weight excluding hydrogens is 264 g/mol. The van der Waals surface area contributed by atoms with E-state index >= 15 is 0 Å². The zero-order valence-corrected chi connectivity index (χ0v) is 12.8. The van der Waals surface area contributed by atoms with E-state index in [2.05, 4.69) is 16.0 Å². The van der Waals surface area contributed by atoms with Crippen molar-refractivity contribution in [3.63, 3.8) is 0 Å². The number of primary amides is 1. The van der Waals surface area contributed by atoms with E-state index in [-0.39, 0.29) is 0 Å². The van der Waals surface area contributed by atoms with Gasteiger partial charge in [0.05, 0.1) is 23.5 Å². The number of likely N-dealkylation sites (N-methyl/N-ethyl adjacent to an activating group) is 1. The van der Waals surface area contributed by atoms with Crippen molar-refractivity contribution < 1.29 is 4.79 Å². The van der Waals surface area contributed by atoms with Crippen molar-refractivity contribution >= 4 is 17.3 Å². The maximum Gasteiger partial charge on any atom is 0.252 e. The molecule has 1 amide bonds. The molecule has 0 bridgehead atoms. The quantitative estimate of drug-likeness (QED) is 0.808. The molecule has 5 heteroatoms. The third-order valence-corrected chi connectivity index (χ3v) is 3.54. The van der Waals surface area contributed by atoms with Gasteiger partial charge in [0.1, 0.15) is 0 Å². The van der Waals surface area contributed by atoms with Crippen molar-refractivity contribution in [2.24, 2.45) is 16.5 Å². The van der Waals surface area contributed by atoms with Gasteiger partial charge in [-0.2, -0.15) is 0 Å². The van der Waals surface area contributed by atoms with Crippen LogP contribution in [0, 0.1) is 13.8 Å². The molecule has 21 heavy (non-hydrogen) atoms. The van der Waals surface area contributed by atoms with E-state index in [1.807, 2.05) is 33.0 Å². The number of amides is 1. The summed E-state index contributed by atoms with van der Waals surface area (Å²) in [7, 11) is 1.99. The number of nitrogens with two attached hydrogens (primary N) is 2. The van der Waals surface area contributed by atoms with E-state index in [1.54, 1.807) is 0 Å². The monoisotopic (exact) mass is 286 g/mol. The van der Waals surface area contributed by atoms with Gasteiger partial charge in [-0.25, -0.2) is 0 Å². The van der Waals surface area contributed by atoms with Crippen molar-refractivity contribution in [2.45, 2.75) is 13.8 Å². The Kier molecular flexibility index (Phi) is 4.43. The molecule has 0 spiro atoms. The van der Waals surface area contributed by atoms with Crippen LogP contribution in [0.5, 0.6) is 0 Å². The second-order valence-corrected chi connectivity index (χ2v) is 5.60. The third kappa shape index (κ3) is 3.49. The number of rotatable bonds is 3. The SMILES string of the molecule is Cc1cc(C)cc(C(N)=C(C(N)=O)C2=NCCN(C)C2)c1. The fourth-order valence-corrected chi connectivity index (χ4v) is 2.60. The first-order valence-electron chi connectivity index (χ1n) is 6.99. The van der Waals surface area contributed by atoms with Crippen LogP contribution in [-0.4, -0.2) is 43.2 Å². The van der Waals surface area contributed by atoms with Crippen LogP contribution in [-0.2, 0) is 4.79 Å². The van der Waals surface area contributed by atoms with Gasteiger partial charge in [0.15, 0.2) is 0 Å². The maximum atomic E-state index is 11.9. The minimum atomic E-state index is -0.527. The molecule has 0 saturated carbocycles. The predicted molar refractivity (Wildman–Crippen MR) is 86.0 cm³/mol. The highest BCUT2D eigenvalue weighted by molar-refractivity contribution is 6.26. The average Bonchev–Trinajstić information content (AvgIpc) is 2.37. The van der Waals surface area contributed by atoms with Crippen LogP contribution in [0.15, 0.2) is 28.8 Å². The summed E-state index contributed by atoms with van der Waals surface area (Å²) in [6.45, 7) is 6.12. The van der Waals surface area contributed by atoms with Crippen molar-refractivity contribution in [1.29, 1.82) is 0 Å². The number of benzene rings is 1. The Hall–Kier alpha value is -2.14. The molecule has 0 aromatic heterocycles. The number of hydrogen-bond acceptors (Lipinski definition) is 4. The number of aliphatic imine (C=N–C) groups is 1. The lowest BCUT2D eigenvalue weighted by molar-refractivity contribution is -0.114. The largest absolute Gasteiger partial charge is 0.398 e. The molecule has 0 saturated heterocycles. The third-order valence-electron chi connectivity index (χ3n) is 3.54. The molecule has 0 fully saturated rings. The molecule has 5 nitrogen and oxygen atoms in total. The van der Waals surface area contributed by atoms with Crippen LogP contribution in [0.3, 0.4) is 0 Å². The second kappa shape index (κ2) is 6.10. The highest BCUT2D eigenvalue weighted by Gasteiger charge is 2.22. The lowest BCUT2D eigenvalue weighted by atomic mass is 9.98. The van der Waals surface area contributed by atoms with Crippen LogP contribution in [0.25, 0.3) is 5.70 Å².